The standard InChI is InChI=1S/C6H9N3/c1-9-6-4-2-3-5(6)7-8-9/h2-4H2,1H3. The SMILES string of the molecule is Cn1nnc2c1CCC2. The van der Waals surface area contributed by atoms with Crippen LogP contribution in [0.5, 0.6) is 0 Å². The van der Waals surface area contributed by atoms with Gasteiger partial charge >= 0.3 is 0 Å². The second-order valence-electron chi connectivity index (χ2n) is 2.46. The van der Waals surface area contributed by atoms with Gasteiger partial charge in [0.15, 0.2) is 0 Å². The predicted octanol–water partition coefficient (Wildman–Crippen LogP) is 0.304. The van der Waals surface area contributed by atoms with Gasteiger partial charge in [0, 0.05) is 7.05 Å². The van der Waals surface area contributed by atoms with Crippen molar-refractivity contribution in [2.24, 2.45) is 7.05 Å². The first-order valence-electron chi connectivity index (χ1n) is 3.25. The Kier molecular flexibility index (Phi) is 0.860. The Labute approximate surface area is 53.7 Å². The quantitative estimate of drug-likeness (QED) is 0.497. The molecule has 1 aromatic heterocycles. The van der Waals surface area contributed by atoms with Crippen LogP contribution in [0.2, 0.25) is 0 Å². The molecule has 0 radical (unpaired) electrons. The molecule has 1 aromatic rings. The smallest absolute Gasteiger partial charge is 0.0859 e. The fraction of sp³-hybridized carbons (Fsp3) is 0.667. The van der Waals surface area contributed by atoms with Crippen molar-refractivity contribution in [2.45, 2.75) is 19.3 Å². The monoisotopic (exact) mass is 123 g/mol. The fourth-order valence-corrected chi connectivity index (χ4v) is 1.34. The van der Waals surface area contributed by atoms with Gasteiger partial charge in [-0.25, -0.2) is 0 Å². The fourth-order valence-electron chi connectivity index (χ4n) is 1.34. The van der Waals surface area contributed by atoms with E-state index in [0.29, 0.717) is 0 Å². The molecule has 1 aliphatic carbocycles. The highest BCUT2D eigenvalue weighted by molar-refractivity contribution is 5.15. The van der Waals surface area contributed by atoms with E-state index >= 15 is 0 Å². The van der Waals surface area contributed by atoms with Gasteiger partial charge < -0.3 is 0 Å². The Hall–Kier alpha value is -0.860. The predicted molar refractivity (Wildman–Crippen MR) is 33.0 cm³/mol. The number of hydrogen-bond acceptors (Lipinski definition) is 2. The first-order chi connectivity index (χ1) is 4.38. The summed E-state index contributed by atoms with van der Waals surface area (Å²) in [4.78, 5) is 0. The van der Waals surface area contributed by atoms with Crippen molar-refractivity contribution in [3.63, 3.8) is 0 Å². The lowest BCUT2D eigenvalue weighted by Gasteiger charge is -1.90. The molecule has 1 heterocycles. The summed E-state index contributed by atoms with van der Waals surface area (Å²) in [5.74, 6) is 0. The topological polar surface area (TPSA) is 30.7 Å². The van der Waals surface area contributed by atoms with E-state index in [-0.39, 0.29) is 0 Å². The molecule has 0 atom stereocenters. The van der Waals surface area contributed by atoms with Crippen LogP contribution in [0.3, 0.4) is 0 Å². The van der Waals surface area contributed by atoms with Gasteiger partial charge in [0.25, 0.3) is 0 Å². The first kappa shape index (κ1) is 4.97. The van der Waals surface area contributed by atoms with Crippen LogP contribution in [0.4, 0.5) is 0 Å². The lowest BCUT2D eigenvalue weighted by Crippen LogP contribution is -1.95. The number of rotatable bonds is 0. The van der Waals surface area contributed by atoms with Gasteiger partial charge in [-0.1, -0.05) is 5.21 Å². The summed E-state index contributed by atoms with van der Waals surface area (Å²) in [6, 6.07) is 0. The van der Waals surface area contributed by atoms with Crippen molar-refractivity contribution < 1.29 is 0 Å². The van der Waals surface area contributed by atoms with E-state index < -0.39 is 0 Å². The van der Waals surface area contributed by atoms with E-state index in [2.05, 4.69) is 10.3 Å². The maximum atomic E-state index is 4.01. The van der Waals surface area contributed by atoms with Gasteiger partial charge in [-0.05, 0) is 19.3 Å². The molecule has 3 heteroatoms. The zero-order valence-electron chi connectivity index (χ0n) is 5.46. The van der Waals surface area contributed by atoms with Crippen LogP contribution in [-0.4, -0.2) is 15.0 Å². The Bertz CT molecular complexity index is 226. The van der Waals surface area contributed by atoms with Gasteiger partial charge in [-0.2, -0.15) is 0 Å². The number of aryl methyl sites for hydroxylation is 2. The molecule has 9 heavy (non-hydrogen) atoms. The minimum absolute atomic E-state index is 1.13. The molecule has 0 bridgehead atoms. The van der Waals surface area contributed by atoms with E-state index in [4.69, 9.17) is 0 Å². The van der Waals surface area contributed by atoms with E-state index in [1.165, 1.54) is 24.2 Å². The Morgan fingerprint density at radius 2 is 2.33 bits per heavy atom. The third-order valence-corrected chi connectivity index (χ3v) is 1.85. The van der Waals surface area contributed by atoms with Gasteiger partial charge in [0.05, 0.1) is 11.4 Å². The maximum absolute atomic E-state index is 4.01. The van der Waals surface area contributed by atoms with Crippen molar-refractivity contribution in [2.75, 3.05) is 0 Å². The normalized spacial score (nSPS) is 16.1. The molecule has 0 saturated heterocycles. The number of aromatic nitrogens is 3. The van der Waals surface area contributed by atoms with E-state index in [9.17, 15) is 0 Å². The summed E-state index contributed by atoms with van der Waals surface area (Å²) in [6.45, 7) is 0. The maximum Gasteiger partial charge on any atom is 0.0859 e. The molecule has 0 aliphatic heterocycles. The van der Waals surface area contributed by atoms with Crippen LogP contribution in [-0.2, 0) is 19.9 Å². The Morgan fingerprint density at radius 3 is 3.11 bits per heavy atom. The average Bonchev–Trinajstić information content (AvgIpc) is 2.35. The molecular weight excluding hydrogens is 114 g/mol. The number of nitrogens with zero attached hydrogens (tertiary/aromatic N) is 3. The van der Waals surface area contributed by atoms with E-state index in [1.54, 1.807) is 0 Å². The van der Waals surface area contributed by atoms with E-state index in [1.807, 2.05) is 11.7 Å². The number of hydrogen-bond donors (Lipinski definition) is 0. The van der Waals surface area contributed by atoms with Gasteiger partial charge in [-0.3, -0.25) is 4.68 Å². The average molecular weight is 123 g/mol. The molecule has 0 amide bonds. The molecular formula is C6H9N3. The van der Waals surface area contributed by atoms with Crippen molar-refractivity contribution in [1.82, 2.24) is 15.0 Å². The van der Waals surface area contributed by atoms with Crippen molar-refractivity contribution in [1.29, 1.82) is 0 Å². The highest BCUT2D eigenvalue weighted by Crippen LogP contribution is 2.17. The first-order valence-corrected chi connectivity index (χ1v) is 3.25. The van der Waals surface area contributed by atoms with Gasteiger partial charge in [-0.15, -0.1) is 5.10 Å². The third kappa shape index (κ3) is 0.573. The van der Waals surface area contributed by atoms with Crippen LogP contribution in [0.25, 0.3) is 0 Å². The second kappa shape index (κ2) is 1.56. The second-order valence-corrected chi connectivity index (χ2v) is 2.46. The lowest BCUT2D eigenvalue weighted by molar-refractivity contribution is 0.662. The minimum atomic E-state index is 1.13. The van der Waals surface area contributed by atoms with Crippen LogP contribution in [0.15, 0.2) is 0 Å². The van der Waals surface area contributed by atoms with Gasteiger partial charge in [0.1, 0.15) is 0 Å². The lowest BCUT2D eigenvalue weighted by atomic mass is 10.4. The molecule has 48 valence electrons. The van der Waals surface area contributed by atoms with Crippen molar-refractivity contribution >= 4 is 0 Å². The molecule has 0 saturated carbocycles. The highest BCUT2D eigenvalue weighted by Gasteiger charge is 2.15. The summed E-state index contributed by atoms with van der Waals surface area (Å²) >= 11 is 0. The van der Waals surface area contributed by atoms with Crippen LogP contribution in [0.1, 0.15) is 17.8 Å². The molecule has 2 rings (SSSR count). The van der Waals surface area contributed by atoms with Crippen LogP contribution < -0.4 is 0 Å². The summed E-state index contributed by atoms with van der Waals surface area (Å²) in [5, 5.41) is 7.91. The zero-order valence-corrected chi connectivity index (χ0v) is 5.46. The van der Waals surface area contributed by atoms with Crippen molar-refractivity contribution in [3.05, 3.63) is 11.4 Å². The Morgan fingerprint density at radius 1 is 1.44 bits per heavy atom. The molecule has 0 aromatic carbocycles. The summed E-state index contributed by atoms with van der Waals surface area (Å²) in [6.07, 6.45) is 3.55. The summed E-state index contributed by atoms with van der Waals surface area (Å²) in [5.41, 5.74) is 2.53. The highest BCUT2D eigenvalue weighted by atomic mass is 15.4. The molecule has 0 unspecified atom stereocenters. The zero-order chi connectivity index (χ0) is 6.27. The van der Waals surface area contributed by atoms with Crippen LogP contribution in [0, 0.1) is 0 Å². The largest absolute Gasteiger partial charge is 0.252 e. The van der Waals surface area contributed by atoms with Crippen LogP contribution >= 0.6 is 0 Å². The molecule has 0 spiro atoms. The van der Waals surface area contributed by atoms with E-state index in [0.717, 1.165) is 6.42 Å². The third-order valence-electron chi connectivity index (χ3n) is 1.85. The summed E-state index contributed by atoms with van der Waals surface area (Å²) < 4.78 is 1.88. The minimum Gasteiger partial charge on any atom is -0.252 e. The summed E-state index contributed by atoms with van der Waals surface area (Å²) in [7, 11) is 1.96. The molecule has 1 aliphatic rings. The van der Waals surface area contributed by atoms with Crippen molar-refractivity contribution in [3.8, 4) is 0 Å². The van der Waals surface area contributed by atoms with Gasteiger partial charge in [0.2, 0.25) is 0 Å². The number of fused-ring (bicyclic) bond motifs is 1. The molecule has 0 N–H and O–H groups in total. The molecule has 0 fully saturated rings. The molecule has 3 nitrogen and oxygen atoms in total. The Balaban J connectivity index is 2.56.